The fourth-order valence-electron chi connectivity index (χ4n) is 2.12. The number of nitrogens with zero attached hydrogens (tertiary/aromatic N) is 2. The monoisotopic (exact) mass is 247 g/mol. The molecule has 4 heteroatoms. The van der Waals surface area contributed by atoms with Gasteiger partial charge < -0.3 is 10.2 Å². The second-order valence-corrected chi connectivity index (χ2v) is 4.80. The third-order valence-corrected chi connectivity index (χ3v) is 3.39. The van der Waals surface area contributed by atoms with Gasteiger partial charge in [-0.25, -0.2) is 0 Å². The van der Waals surface area contributed by atoms with Gasteiger partial charge in [0.05, 0.1) is 6.54 Å². The zero-order valence-corrected chi connectivity index (χ0v) is 11.1. The molecule has 4 nitrogen and oxygen atoms in total. The molecule has 1 amide bonds. The molecule has 1 fully saturated rings. The molecule has 0 bridgehead atoms. The van der Waals surface area contributed by atoms with Gasteiger partial charge in [0, 0.05) is 31.0 Å². The summed E-state index contributed by atoms with van der Waals surface area (Å²) >= 11 is 0. The van der Waals surface area contributed by atoms with Crippen LogP contribution in [-0.2, 0) is 4.79 Å². The summed E-state index contributed by atoms with van der Waals surface area (Å²) < 4.78 is 0. The van der Waals surface area contributed by atoms with Gasteiger partial charge in [-0.05, 0) is 38.3 Å². The Bertz CT molecular complexity index is 389. The van der Waals surface area contributed by atoms with Crippen molar-refractivity contribution in [3.63, 3.8) is 0 Å². The number of rotatable bonds is 6. The van der Waals surface area contributed by atoms with E-state index in [4.69, 9.17) is 0 Å². The number of pyridine rings is 1. The van der Waals surface area contributed by atoms with E-state index in [0.29, 0.717) is 12.6 Å². The molecule has 1 aromatic rings. The molecular formula is C14H21N3O. The maximum atomic E-state index is 12.0. The number of hydrogen-bond donors (Lipinski definition) is 1. The Morgan fingerprint density at radius 1 is 1.61 bits per heavy atom. The van der Waals surface area contributed by atoms with E-state index in [1.807, 2.05) is 30.2 Å². The summed E-state index contributed by atoms with van der Waals surface area (Å²) in [6.07, 6.45) is 5.92. The van der Waals surface area contributed by atoms with Crippen LogP contribution in [0, 0.1) is 0 Å². The average molecular weight is 247 g/mol. The zero-order valence-electron chi connectivity index (χ0n) is 11.1. The highest BCUT2D eigenvalue weighted by atomic mass is 16.2. The standard InChI is InChI=1S/C14H21N3O/c1-3-17(13-6-7-13)14(18)10-16-11(2)12-5-4-8-15-9-12/h4-5,8-9,11,13,16H,3,6-7,10H2,1-2H3/t11-/m1/s1. The Morgan fingerprint density at radius 3 is 2.94 bits per heavy atom. The molecular weight excluding hydrogens is 226 g/mol. The maximum absolute atomic E-state index is 12.0. The second-order valence-electron chi connectivity index (χ2n) is 4.80. The smallest absolute Gasteiger partial charge is 0.236 e. The highest BCUT2D eigenvalue weighted by molar-refractivity contribution is 5.78. The van der Waals surface area contributed by atoms with Crippen LogP contribution < -0.4 is 5.32 Å². The lowest BCUT2D eigenvalue weighted by molar-refractivity contribution is -0.130. The summed E-state index contributed by atoms with van der Waals surface area (Å²) in [5.74, 6) is 0.204. The third-order valence-electron chi connectivity index (χ3n) is 3.39. The molecule has 0 radical (unpaired) electrons. The van der Waals surface area contributed by atoms with Gasteiger partial charge in [-0.15, -0.1) is 0 Å². The largest absolute Gasteiger partial charge is 0.339 e. The van der Waals surface area contributed by atoms with Crippen LogP contribution >= 0.6 is 0 Å². The van der Waals surface area contributed by atoms with Crippen LogP contribution in [0.5, 0.6) is 0 Å². The van der Waals surface area contributed by atoms with Crippen LogP contribution in [-0.4, -0.2) is 34.9 Å². The van der Waals surface area contributed by atoms with E-state index in [2.05, 4.69) is 17.2 Å². The van der Waals surface area contributed by atoms with Crippen LogP contribution in [0.4, 0.5) is 0 Å². The van der Waals surface area contributed by atoms with Crippen LogP contribution in [0.2, 0.25) is 0 Å². The third kappa shape index (κ3) is 3.29. The molecule has 1 heterocycles. The van der Waals surface area contributed by atoms with Crippen molar-refractivity contribution in [2.24, 2.45) is 0 Å². The lowest BCUT2D eigenvalue weighted by Gasteiger charge is -2.22. The predicted octanol–water partition coefficient (Wildman–Crippen LogP) is 1.74. The number of aromatic nitrogens is 1. The number of hydrogen-bond acceptors (Lipinski definition) is 3. The molecule has 0 spiro atoms. The topological polar surface area (TPSA) is 45.2 Å². The highest BCUT2D eigenvalue weighted by Crippen LogP contribution is 2.26. The van der Waals surface area contributed by atoms with E-state index in [9.17, 15) is 4.79 Å². The number of carbonyl (C=O) groups is 1. The number of carbonyl (C=O) groups excluding carboxylic acids is 1. The summed E-state index contributed by atoms with van der Waals surface area (Å²) in [5, 5.41) is 3.26. The van der Waals surface area contributed by atoms with E-state index < -0.39 is 0 Å². The molecule has 1 saturated carbocycles. The van der Waals surface area contributed by atoms with Gasteiger partial charge >= 0.3 is 0 Å². The first kappa shape index (κ1) is 13.0. The molecule has 18 heavy (non-hydrogen) atoms. The van der Waals surface area contributed by atoms with Crippen LogP contribution in [0.25, 0.3) is 0 Å². The molecule has 0 aliphatic heterocycles. The van der Waals surface area contributed by atoms with Gasteiger partial charge in [0.2, 0.25) is 5.91 Å². The van der Waals surface area contributed by atoms with Crippen molar-refractivity contribution in [2.45, 2.75) is 38.8 Å². The van der Waals surface area contributed by atoms with Gasteiger partial charge in [-0.2, -0.15) is 0 Å². The molecule has 1 aliphatic carbocycles. The van der Waals surface area contributed by atoms with Crippen LogP contribution in [0.1, 0.15) is 38.3 Å². The molecule has 1 aliphatic rings. The van der Waals surface area contributed by atoms with Crippen molar-refractivity contribution >= 4 is 5.91 Å². The minimum atomic E-state index is 0.153. The van der Waals surface area contributed by atoms with Crippen molar-refractivity contribution in [1.29, 1.82) is 0 Å². The van der Waals surface area contributed by atoms with Crippen molar-refractivity contribution < 1.29 is 4.79 Å². The molecule has 2 rings (SSSR count). The Hall–Kier alpha value is -1.42. The fraction of sp³-hybridized carbons (Fsp3) is 0.571. The Balaban J connectivity index is 1.82. The zero-order chi connectivity index (χ0) is 13.0. The molecule has 0 aromatic carbocycles. The molecule has 1 atom stereocenters. The predicted molar refractivity (Wildman–Crippen MR) is 71.1 cm³/mol. The molecule has 1 N–H and O–H groups in total. The van der Waals surface area contributed by atoms with Gasteiger partial charge in [-0.1, -0.05) is 6.07 Å². The second kappa shape index (κ2) is 5.96. The Morgan fingerprint density at radius 2 is 2.39 bits per heavy atom. The lowest BCUT2D eigenvalue weighted by Crippen LogP contribution is -2.40. The fourth-order valence-corrected chi connectivity index (χ4v) is 2.12. The van der Waals surface area contributed by atoms with Crippen LogP contribution in [0.15, 0.2) is 24.5 Å². The minimum absolute atomic E-state index is 0.153. The first-order valence-corrected chi connectivity index (χ1v) is 6.65. The van der Waals surface area contributed by atoms with Gasteiger partial charge in [0.25, 0.3) is 0 Å². The summed E-state index contributed by atoms with van der Waals surface area (Å²) in [7, 11) is 0. The van der Waals surface area contributed by atoms with Crippen molar-refractivity contribution in [1.82, 2.24) is 15.2 Å². The number of nitrogens with one attached hydrogen (secondary N) is 1. The molecule has 0 saturated heterocycles. The summed E-state index contributed by atoms with van der Waals surface area (Å²) in [6, 6.07) is 4.59. The molecule has 1 aromatic heterocycles. The van der Waals surface area contributed by atoms with Gasteiger partial charge in [-0.3, -0.25) is 9.78 Å². The van der Waals surface area contributed by atoms with E-state index in [1.54, 1.807) is 6.20 Å². The Labute approximate surface area is 108 Å². The molecule has 0 unspecified atom stereocenters. The minimum Gasteiger partial charge on any atom is -0.339 e. The Kier molecular flexibility index (Phi) is 4.31. The van der Waals surface area contributed by atoms with E-state index in [0.717, 1.165) is 24.9 Å². The average Bonchev–Trinajstić information content (AvgIpc) is 3.22. The normalized spacial score (nSPS) is 16.3. The first-order chi connectivity index (χ1) is 8.72. The number of amides is 1. The van der Waals surface area contributed by atoms with Crippen molar-refractivity contribution in [2.75, 3.05) is 13.1 Å². The highest BCUT2D eigenvalue weighted by Gasteiger charge is 2.31. The first-order valence-electron chi connectivity index (χ1n) is 6.65. The SMILES string of the molecule is CCN(C(=O)CN[C@H](C)c1cccnc1)C1CC1. The summed E-state index contributed by atoms with van der Waals surface area (Å²) in [5.41, 5.74) is 1.11. The van der Waals surface area contributed by atoms with Gasteiger partial charge in [0.15, 0.2) is 0 Å². The van der Waals surface area contributed by atoms with Crippen molar-refractivity contribution in [3.05, 3.63) is 30.1 Å². The van der Waals surface area contributed by atoms with Gasteiger partial charge in [0.1, 0.15) is 0 Å². The quantitative estimate of drug-likeness (QED) is 0.833. The molecule has 98 valence electrons. The lowest BCUT2D eigenvalue weighted by atomic mass is 10.1. The van der Waals surface area contributed by atoms with Crippen molar-refractivity contribution in [3.8, 4) is 0 Å². The maximum Gasteiger partial charge on any atom is 0.236 e. The summed E-state index contributed by atoms with van der Waals surface area (Å²) in [4.78, 5) is 18.1. The van der Waals surface area contributed by atoms with Crippen LogP contribution in [0.3, 0.4) is 0 Å². The number of likely N-dealkylation sites (N-methyl/N-ethyl adjacent to an activating group) is 1. The van der Waals surface area contributed by atoms with E-state index >= 15 is 0 Å². The van der Waals surface area contributed by atoms with E-state index in [-0.39, 0.29) is 11.9 Å². The summed E-state index contributed by atoms with van der Waals surface area (Å²) in [6.45, 7) is 5.31. The van der Waals surface area contributed by atoms with E-state index in [1.165, 1.54) is 0 Å².